The Morgan fingerprint density at radius 3 is 2.84 bits per heavy atom. The number of H-pyrrole nitrogens is 1. The van der Waals surface area contributed by atoms with Crippen molar-refractivity contribution in [3.8, 4) is 17.6 Å². The van der Waals surface area contributed by atoms with Crippen molar-refractivity contribution < 1.29 is 9.47 Å². The van der Waals surface area contributed by atoms with E-state index >= 15 is 0 Å². The van der Waals surface area contributed by atoms with E-state index in [0.29, 0.717) is 34.5 Å². The lowest BCUT2D eigenvalue weighted by atomic mass is 10.1. The van der Waals surface area contributed by atoms with Gasteiger partial charge in [-0.2, -0.15) is 5.26 Å². The fourth-order valence-corrected chi connectivity index (χ4v) is 2.78. The zero-order valence-electron chi connectivity index (χ0n) is 13.8. The summed E-state index contributed by atoms with van der Waals surface area (Å²) in [5.74, 6) is 1.52. The summed E-state index contributed by atoms with van der Waals surface area (Å²) < 4.78 is 10.9. The molecule has 126 valence electrons. The largest absolute Gasteiger partial charge is 0.493 e. The Kier molecular flexibility index (Phi) is 4.92. The summed E-state index contributed by atoms with van der Waals surface area (Å²) in [6.45, 7) is 2.35. The highest BCUT2D eigenvalue weighted by Gasteiger charge is 2.13. The number of nitriles is 1. The van der Waals surface area contributed by atoms with Gasteiger partial charge >= 0.3 is 0 Å². The van der Waals surface area contributed by atoms with Crippen molar-refractivity contribution in [2.45, 2.75) is 6.92 Å². The van der Waals surface area contributed by atoms with Crippen LogP contribution in [0.25, 0.3) is 22.7 Å². The Morgan fingerprint density at radius 2 is 2.16 bits per heavy atom. The van der Waals surface area contributed by atoms with Crippen LogP contribution in [0.3, 0.4) is 0 Å². The molecule has 1 N–H and O–H groups in total. The second-order valence-corrected chi connectivity index (χ2v) is 5.65. The maximum absolute atomic E-state index is 9.53. The molecule has 0 aliphatic carbocycles. The van der Waals surface area contributed by atoms with Crippen LogP contribution in [0, 0.1) is 11.3 Å². The number of imidazole rings is 1. The Bertz CT molecular complexity index is 953. The van der Waals surface area contributed by atoms with E-state index < -0.39 is 0 Å². The first kappa shape index (κ1) is 16.9. The molecule has 0 saturated carbocycles. The standard InChI is InChI=1S/C19H16ClN3O2/c1-3-25-18-14(20)9-12(10-17(18)24-2)8-13(11-21)19-22-15-6-4-5-7-16(15)23-19/h4-10H,3H2,1-2H3,(H,22,23)/b13-8+. The SMILES string of the molecule is CCOc1c(Cl)cc(/C=C(\C#N)c2nc3ccccc3[nH]2)cc1OC. The van der Waals surface area contributed by atoms with Gasteiger partial charge in [0.1, 0.15) is 11.9 Å². The Labute approximate surface area is 150 Å². The highest BCUT2D eigenvalue weighted by molar-refractivity contribution is 6.32. The molecule has 0 saturated heterocycles. The van der Waals surface area contributed by atoms with Crippen molar-refractivity contribution in [3.05, 3.63) is 52.8 Å². The second-order valence-electron chi connectivity index (χ2n) is 5.24. The number of rotatable bonds is 5. The molecule has 6 heteroatoms. The highest BCUT2D eigenvalue weighted by atomic mass is 35.5. The minimum absolute atomic E-state index is 0.401. The van der Waals surface area contributed by atoms with Crippen molar-refractivity contribution in [2.75, 3.05) is 13.7 Å². The van der Waals surface area contributed by atoms with Gasteiger partial charge in [-0.3, -0.25) is 0 Å². The van der Waals surface area contributed by atoms with E-state index in [4.69, 9.17) is 21.1 Å². The second kappa shape index (κ2) is 7.29. The fourth-order valence-electron chi connectivity index (χ4n) is 2.51. The number of aromatic amines is 1. The molecule has 3 rings (SSSR count). The van der Waals surface area contributed by atoms with E-state index in [0.717, 1.165) is 16.6 Å². The first-order valence-corrected chi connectivity index (χ1v) is 8.11. The number of fused-ring (bicyclic) bond motifs is 1. The van der Waals surface area contributed by atoms with Gasteiger partial charge in [0.25, 0.3) is 0 Å². The van der Waals surface area contributed by atoms with Crippen LogP contribution >= 0.6 is 11.6 Å². The van der Waals surface area contributed by atoms with Crippen LogP contribution in [-0.2, 0) is 0 Å². The quantitative estimate of drug-likeness (QED) is 0.675. The maximum atomic E-state index is 9.53. The number of methoxy groups -OCH3 is 1. The van der Waals surface area contributed by atoms with E-state index in [1.807, 2.05) is 31.2 Å². The lowest BCUT2D eigenvalue weighted by Crippen LogP contribution is -1.97. The maximum Gasteiger partial charge on any atom is 0.179 e. The summed E-state index contributed by atoms with van der Waals surface area (Å²) in [5, 5.41) is 9.96. The Morgan fingerprint density at radius 1 is 1.36 bits per heavy atom. The first-order valence-electron chi connectivity index (χ1n) is 7.73. The van der Waals surface area contributed by atoms with Gasteiger partial charge in [0.05, 0.1) is 35.3 Å². The average molecular weight is 354 g/mol. The Hall–Kier alpha value is -2.97. The zero-order chi connectivity index (χ0) is 17.8. The number of halogens is 1. The fraction of sp³-hybridized carbons (Fsp3) is 0.158. The molecule has 0 spiro atoms. The van der Waals surface area contributed by atoms with Gasteiger partial charge in [0.2, 0.25) is 0 Å². The summed E-state index contributed by atoms with van der Waals surface area (Å²) in [5.41, 5.74) is 2.81. The monoisotopic (exact) mass is 353 g/mol. The molecule has 0 unspecified atom stereocenters. The molecule has 0 fully saturated rings. The molecule has 3 aromatic rings. The highest BCUT2D eigenvalue weighted by Crippen LogP contribution is 2.37. The number of hydrogen-bond donors (Lipinski definition) is 1. The van der Waals surface area contributed by atoms with E-state index in [-0.39, 0.29) is 0 Å². The molecule has 0 amide bonds. The molecule has 5 nitrogen and oxygen atoms in total. The third-order valence-electron chi connectivity index (χ3n) is 3.62. The molecule has 2 aromatic carbocycles. The van der Waals surface area contributed by atoms with Crippen LogP contribution in [-0.4, -0.2) is 23.7 Å². The molecular weight excluding hydrogens is 338 g/mol. The van der Waals surface area contributed by atoms with Gasteiger partial charge in [-0.05, 0) is 42.8 Å². The summed E-state index contributed by atoms with van der Waals surface area (Å²) in [6.07, 6.45) is 1.71. The van der Waals surface area contributed by atoms with Crippen LogP contribution < -0.4 is 9.47 Å². The van der Waals surface area contributed by atoms with Crippen molar-refractivity contribution in [1.29, 1.82) is 5.26 Å². The van der Waals surface area contributed by atoms with Gasteiger partial charge in [0.15, 0.2) is 11.5 Å². The van der Waals surface area contributed by atoms with Crippen LogP contribution in [0.2, 0.25) is 5.02 Å². The lowest BCUT2D eigenvalue weighted by molar-refractivity contribution is 0.311. The molecule has 25 heavy (non-hydrogen) atoms. The lowest BCUT2D eigenvalue weighted by Gasteiger charge is -2.12. The van der Waals surface area contributed by atoms with E-state index in [1.165, 1.54) is 0 Å². The molecule has 0 radical (unpaired) electrons. The number of benzene rings is 2. The summed E-state index contributed by atoms with van der Waals surface area (Å²) in [7, 11) is 1.55. The molecular formula is C19H16ClN3O2. The zero-order valence-corrected chi connectivity index (χ0v) is 14.6. The van der Waals surface area contributed by atoms with Gasteiger partial charge in [-0.25, -0.2) is 4.98 Å². The molecule has 0 aliphatic heterocycles. The third kappa shape index (κ3) is 3.44. The van der Waals surface area contributed by atoms with Crippen molar-refractivity contribution >= 4 is 34.3 Å². The van der Waals surface area contributed by atoms with Gasteiger partial charge in [-0.15, -0.1) is 0 Å². The number of aromatic nitrogens is 2. The number of allylic oxidation sites excluding steroid dienone is 1. The van der Waals surface area contributed by atoms with Crippen LogP contribution in [0.4, 0.5) is 0 Å². The smallest absolute Gasteiger partial charge is 0.179 e. The minimum atomic E-state index is 0.401. The topological polar surface area (TPSA) is 70.9 Å². The van der Waals surface area contributed by atoms with Crippen molar-refractivity contribution in [3.63, 3.8) is 0 Å². The summed E-state index contributed by atoms with van der Waals surface area (Å²) in [4.78, 5) is 7.61. The minimum Gasteiger partial charge on any atom is -0.493 e. The van der Waals surface area contributed by atoms with E-state index in [2.05, 4.69) is 16.0 Å². The van der Waals surface area contributed by atoms with Crippen molar-refractivity contribution in [2.24, 2.45) is 0 Å². The predicted molar refractivity (Wildman–Crippen MR) is 98.8 cm³/mol. The van der Waals surface area contributed by atoms with Crippen molar-refractivity contribution in [1.82, 2.24) is 9.97 Å². The van der Waals surface area contributed by atoms with Crippen LogP contribution in [0.15, 0.2) is 36.4 Å². The van der Waals surface area contributed by atoms with Crippen LogP contribution in [0.1, 0.15) is 18.3 Å². The number of nitrogens with zero attached hydrogens (tertiary/aromatic N) is 2. The normalized spacial score (nSPS) is 11.4. The van der Waals surface area contributed by atoms with E-state index in [1.54, 1.807) is 25.3 Å². The number of ether oxygens (including phenoxy) is 2. The summed E-state index contributed by atoms with van der Waals surface area (Å²) in [6, 6.07) is 13.3. The first-order chi connectivity index (χ1) is 12.2. The van der Waals surface area contributed by atoms with Gasteiger partial charge in [0, 0.05) is 0 Å². The predicted octanol–water partition coefficient (Wildman–Crippen LogP) is 4.69. The number of nitrogens with one attached hydrogen (secondary N) is 1. The average Bonchev–Trinajstić information content (AvgIpc) is 3.05. The molecule has 0 atom stereocenters. The van der Waals surface area contributed by atoms with E-state index in [9.17, 15) is 5.26 Å². The molecule has 1 aromatic heterocycles. The Balaban J connectivity index is 2.05. The molecule has 0 aliphatic rings. The third-order valence-corrected chi connectivity index (χ3v) is 3.90. The van der Waals surface area contributed by atoms with Crippen LogP contribution in [0.5, 0.6) is 11.5 Å². The van der Waals surface area contributed by atoms with Gasteiger partial charge in [-0.1, -0.05) is 23.7 Å². The number of para-hydroxylation sites is 2. The summed E-state index contributed by atoms with van der Waals surface area (Å²) >= 11 is 6.29. The molecule has 0 bridgehead atoms. The molecule has 1 heterocycles. The number of hydrogen-bond acceptors (Lipinski definition) is 4. The van der Waals surface area contributed by atoms with Gasteiger partial charge < -0.3 is 14.5 Å².